The van der Waals surface area contributed by atoms with Gasteiger partial charge in [0.2, 0.25) is 5.91 Å². The third kappa shape index (κ3) is 3.30. The molecular weight excluding hydrogens is 268 g/mol. The van der Waals surface area contributed by atoms with Gasteiger partial charge < -0.3 is 14.7 Å². The fourth-order valence-corrected chi connectivity index (χ4v) is 2.77. The Balaban J connectivity index is 2.10. The number of aryl methyl sites for hydroxylation is 1. The minimum atomic E-state index is -1.01. The summed E-state index contributed by atoms with van der Waals surface area (Å²) in [5.41, 5.74) is 0.380. The molecule has 0 atom stereocenters. The highest BCUT2D eigenvalue weighted by atomic mass is 32.1. The highest BCUT2D eigenvalue weighted by Crippen LogP contribution is 2.20. The highest BCUT2D eigenvalue weighted by Gasteiger charge is 2.23. The second kappa shape index (κ2) is 6.12. The Labute approximate surface area is 115 Å². The largest absolute Gasteiger partial charge is 0.477 e. The molecule has 1 aromatic heterocycles. The molecule has 1 N–H and O–H groups in total. The number of hydrogen-bond donors (Lipinski definition) is 1. The summed E-state index contributed by atoms with van der Waals surface area (Å²) < 4.78 is 5.18. The van der Waals surface area contributed by atoms with Gasteiger partial charge in [-0.05, 0) is 6.42 Å². The van der Waals surface area contributed by atoms with Gasteiger partial charge in [0.1, 0.15) is 4.88 Å². The van der Waals surface area contributed by atoms with Crippen molar-refractivity contribution in [3.8, 4) is 0 Å². The monoisotopic (exact) mass is 284 g/mol. The highest BCUT2D eigenvalue weighted by molar-refractivity contribution is 7.13. The van der Waals surface area contributed by atoms with Crippen LogP contribution in [0.1, 0.15) is 27.3 Å². The second-order valence-corrected chi connectivity index (χ2v) is 5.30. The van der Waals surface area contributed by atoms with Crippen LogP contribution in [0.3, 0.4) is 0 Å². The van der Waals surface area contributed by atoms with Gasteiger partial charge in [0.25, 0.3) is 0 Å². The lowest BCUT2D eigenvalue weighted by molar-refractivity contribution is -0.134. The number of thiazole rings is 1. The van der Waals surface area contributed by atoms with E-state index in [-0.39, 0.29) is 17.2 Å². The summed E-state index contributed by atoms with van der Waals surface area (Å²) in [6, 6.07) is 0. The standard InChI is InChI=1S/C12H16N2O4S/c1-2-9-13-8(11(19-9)12(16)17)7-10(15)14-3-5-18-6-4-14/h2-7H2,1H3,(H,16,17). The van der Waals surface area contributed by atoms with Crippen LogP contribution in [0.15, 0.2) is 0 Å². The molecule has 19 heavy (non-hydrogen) atoms. The van der Waals surface area contributed by atoms with Crippen molar-refractivity contribution in [3.63, 3.8) is 0 Å². The fourth-order valence-electron chi connectivity index (χ4n) is 1.91. The molecule has 7 heteroatoms. The fraction of sp³-hybridized carbons (Fsp3) is 0.583. The van der Waals surface area contributed by atoms with Gasteiger partial charge in [0, 0.05) is 13.1 Å². The van der Waals surface area contributed by atoms with Gasteiger partial charge in [-0.1, -0.05) is 6.92 Å². The molecule has 0 unspecified atom stereocenters. The molecule has 0 spiro atoms. The van der Waals surface area contributed by atoms with Crippen LogP contribution < -0.4 is 0 Å². The first-order valence-corrected chi connectivity index (χ1v) is 7.00. The van der Waals surface area contributed by atoms with Gasteiger partial charge in [-0.2, -0.15) is 0 Å². The SMILES string of the molecule is CCc1nc(CC(=O)N2CCOCC2)c(C(=O)O)s1. The lowest BCUT2D eigenvalue weighted by atomic mass is 10.2. The average Bonchev–Trinajstić information content (AvgIpc) is 2.83. The molecule has 1 aliphatic rings. The van der Waals surface area contributed by atoms with Crippen molar-refractivity contribution >= 4 is 23.2 Å². The van der Waals surface area contributed by atoms with E-state index in [1.807, 2.05) is 6.92 Å². The molecule has 2 heterocycles. The lowest BCUT2D eigenvalue weighted by Crippen LogP contribution is -2.41. The Bertz CT molecular complexity index is 480. The zero-order valence-electron chi connectivity index (χ0n) is 10.7. The van der Waals surface area contributed by atoms with Crippen LogP contribution in [0, 0.1) is 0 Å². The van der Waals surface area contributed by atoms with Crippen molar-refractivity contribution in [3.05, 3.63) is 15.6 Å². The van der Waals surface area contributed by atoms with E-state index in [1.54, 1.807) is 4.90 Å². The minimum Gasteiger partial charge on any atom is -0.477 e. The summed E-state index contributed by atoms with van der Waals surface area (Å²) in [5, 5.41) is 9.88. The van der Waals surface area contributed by atoms with Gasteiger partial charge in [-0.15, -0.1) is 11.3 Å². The third-order valence-corrected chi connectivity index (χ3v) is 4.15. The number of amides is 1. The zero-order valence-corrected chi connectivity index (χ0v) is 11.5. The summed E-state index contributed by atoms with van der Waals surface area (Å²) >= 11 is 1.15. The molecule has 1 aromatic rings. The number of aromatic carboxylic acids is 1. The number of hydrogen-bond acceptors (Lipinski definition) is 5. The van der Waals surface area contributed by atoms with Crippen molar-refractivity contribution in [2.45, 2.75) is 19.8 Å². The van der Waals surface area contributed by atoms with Gasteiger partial charge in [-0.3, -0.25) is 4.79 Å². The normalized spacial score (nSPS) is 15.5. The zero-order chi connectivity index (χ0) is 13.8. The molecule has 1 saturated heterocycles. The number of nitrogens with zero attached hydrogens (tertiary/aromatic N) is 2. The molecule has 0 bridgehead atoms. The predicted molar refractivity (Wildman–Crippen MR) is 69.6 cm³/mol. The minimum absolute atomic E-state index is 0.0537. The summed E-state index contributed by atoms with van der Waals surface area (Å²) in [5.74, 6) is -1.10. The van der Waals surface area contributed by atoms with Crippen molar-refractivity contribution in [2.75, 3.05) is 26.3 Å². The van der Waals surface area contributed by atoms with E-state index in [4.69, 9.17) is 9.84 Å². The number of carboxylic acids is 1. The summed E-state index contributed by atoms with van der Waals surface area (Å²) in [6.45, 7) is 4.11. The molecule has 0 aromatic carbocycles. The van der Waals surface area contributed by atoms with E-state index in [1.165, 1.54) is 0 Å². The Hall–Kier alpha value is -1.47. The number of carbonyl (C=O) groups is 2. The topological polar surface area (TPSA) is 79.7 Å². The van der Waals surface area contributed by atoms with Crippen molar-refractivity contribution in [1.29, 1.82) is 0 Å². The number of carbonyl (C=O) groups excluding carboxylic acids is 1. The van der Waals surface area contributed by atoms with E-state index in [9.17, 15) is 9.59 Å². The average molecular weight is 284 g/mol. The van der Waals surface area contributed by atoms with Crippen LogP contribution in [0.2, 0.25) is 0 Å². The lowest BCUT2D eigenvalue weighted by Gasteiger charge is -2.26. The summed E-state index contributed by atoms with van der Waals surface area (Å²) in [6.07, 6.45) is 0.731. The van der Waals surface area contributed by atoms with Crippen molar-refractivity contribution in [1.82, 2.24) is 9.88 Å². The molecule has 0 radical (unpaired) electrons. The number of carboxylic acid groups (broad SMARTS) is 1. The molecular formula is C12H16N2O4S. The summed E-state index contributed by atoms with van der Waals surface area (Å²) in [7, 11) is 0. The van der Waals surface area contributed by atoms with Gasteiger partial charge >= 0.3 is 5.97 Å². The first kappa shape index (κ1) is 14.0. The van der Waals surface area contributed by atoms with Crippen LogP contribution in [-0.2, 0) is 22.4 Å². The maximum absolute atomic E-state index is 12.1. The van der Waals surface area contributed by atoms with Crippen LogP contribution in [0.4, 0.5) is 0 Å². The smallest absolute Gasteiger partial charge is 0.347 e. The number of ether oxygens (including phenoxy) is 1. The molecule has 1 amide bonds. The Morgan fingerprint density at radius 2 is 2.11 bits per heavy atom. The maximum atomic E-state index is 12.1. The Morgan fingerprint density at radius 1 is 1.42 bits per heavy atom. The van der Waals surface area contributed by atoms with Crippen LogP contribution in [0.5, 0.6) is 0 Å². The first-order valence-electron chi connectivity index (χ1n) is 6.19. The predicted octanol–water partition coefficient (Wildman–Crippen LogP) is 0.805. The van der Waals surface area contributed by atoms with Gasteiger partial charge in [0.15, 0.2) is 0 Å². The van der Waals surface area contributed by atoms with E-state index >= 15 is 0 Å². The second-order valence-electron chi connectivity index (χ2n) is 4.21. The number of morpholine rings is 1. The molecule has 1 fully saturated rings. The molecule has 1 aliphatic heterocycles. The van der Waals surface area contributed by atoms with Crippen LogP contribution >= 0.6 is 11.3 Å². The summed E-state index contributed by atoms with van der Waals surface area (Å²) in [4.78, 5) is 29.3. The molecule has 0 aliphatic carbocycles. The van der Waals surface area contributed by atoms with E-state index < -0.39 is 5.97 Å². The quantitative estimate of drug-likeness (QED) is 0.885. The number of rotatable bonds is 4. The van der Waals surface area contributed by atoms with Gasteiger partial charge in [-0.25, -0.2) is 9.78 Å². The third-order valence-electron chi connectivity index (χ3n) is 2.92. The van der Waals surface area contributed by atoms with Crippen molar-refractivity contribution in [2.24, 2.45) is 0 Å². The van der Waals surface area contributed by atoms with E-state index in [0.717, 1.165) is 16.3 Å². The van der Waals surface area contributed by atoms with Crippen LogP contribution in [0.25, 0.3) is 0 Å². The maximum Gasteiger partial charge on any atom is 0.347 e. The Morgan fingerprint density at radius 3 is 2.68 bits per heavy atom. The first-order chi connectivity index (χ1) is 9.11. The number of aromatic nitrogens is 1. The van der Waals surface area contributed by atoms with E-state index in [0.29, 0.717) is 38.4 Å². The van der Waals surface area contributed by atoms with Crippen molar-refractivity contribution < 1.29 is 19.4 Å². The van der Waals surface area contributed by atoms with E-state index in [2.05, 4.69) is 4.98 Å². The molecule has 6 nitrogen and oxygen atoms in total. The van der Waals surface area contributed by atoms with Gasteiger partial charge in [0.05, 0.1) is 30.3 Å². The Kier molecular flexibility index (Phi) is 4.49. The van der Waals surface area contributed by atoms with Crippen LogP contribution in [-0.4, -0.2) is 53.2 Å². The molecule has 0 saturated carbocycles. The molecule has 104 valence electrons. The molecule has 2 rings (SSSR count).